The molecule has 4 nitrogen and oxygen atoms in total. The molecule has 0 spiro atoms. The fourth-order valence-corrected chi connectivity index (χ4v) is 2.68. The van der Waals surface area contributed by atoms with E-state index in [0.717, 1.165) is 28.0 Å². The molecule has 4 heteroatoms. The number of phenolic OH excluding ortho intramolecular Hbond substituents is 1. The Bertz CT molecular complexity index is 803. The Hall–Kier alpha value is -2.36. The molecular weight excluding hydrogens is 250 g/mol. The maximum atomic E-state index is 10.3. The molecule has 0 atom stereocenters. The highest BCUT2D eigenvalue weighted by atomic mass is 16.3. The van der Waals surface area contributed by atoms with Crippen molar-refractivity contribution in [3.05, 3.63) is 42.2 Å². The summed E-state index contributed by atoms with van der Waals surface area (Å²) < 4.78 is 2.24. The summed E-state index contributed by atoms with van der Waals surface area (Å²) in [5.41, 5.74) is 3.65. The first kappa shape index (κ1) is 11.5. The van der Waals surface area contributed by atoms with Crippen LogP contribution in [0.5, 0.6) is 5.75 Å². The van der Waals surface area contributed by atoms with Crippen LogP contribution in [0.15, 0.2) is 36.7 Å². The highest BCUT2D eigenvalue weighted by Gasteiger charge is 2.29. The van der Waals surface area contributed by atoms with Crippen LogP contribution in [-0.2, 0) is 0 Å². The van der Waals surface area contributed by atoms with E-state index in [4.69, 9.17) is 0 Å². The standard InChI is InChI=1S/C16H15N3O/c1-10-3-2-4-12(15(10)20)16-18-13-9-17-8-7-14(13)19(16)11-5-6-11/h2-4,7-9,11,20H,5-6H2,1H3. The Labute approximate surface area is 116 Å². The van der Waals surface area contributed by atoms with E-state index in [1.807, 2.05) is 31.2 Å². The zero-order valence-electron chi connectivity index (χ0n) is 11.2. The number of benzene rings is 1. The van der Waals surface area contributed by atoms with Crippen LogP contribution in [0, 0.1) is 6.92 Å². The number of para-hydroxylation sites is 1. The SMILES string of the molecule is Cc1cccc(-c2nc3cnccc3n2C2CC2)c1O. The Balaban J connectivity index is 2.04. The van der Waals surface area contributed by atoms with Gasteiger partial charge in [0, 0.05) is 12.2 Å². The van der Waals surface area contributed by atoms with E-state index in [2.05, 4.69) is 14.5 Å². The highest BCUT2D eigenvalue weighted by Crippen LogP contribution is 2.43. The normalized spacial score (nSPS) is 14.8. The summed E-state index contributed by atoms with van der Waals surface area (Å²) >= 11 is 0. The van der Waals surface area contributed by atoms with E-state index in [9.17, 15) is 5.11 Å². The number of rotatable bonds is 2. The molecular formula is C16H15N3O. The second kappa shape index (κ2) is 4.07. The lowest BCUT2D eigenvalue weighted by Crippen LogP contribution is -1.98. The predicted octanol–water partition coefficient (Wildman–Crippen LogP) is 3.45. The van der Waals surface area contributed by atoms with Crippen LogP contribution < -0.4 is 0 Å². The van der Waals surface area contributed by atoms with Crippen molar-refractivity contribution in [2.75, 3.05) is 0 Å². The number of aromatic nitrogens is 3. The van der Waals surface area contributed by atoms with Gasteiger partial charge in [-0.2, -0.15) is 0 Å². The van der Waals surface area contributed by atoms with Crippen LogP contribution >= 0.6 is 0 Å². The number of hydrogen-bond acceptors (Lipinski definition) is 3. The molecule has 2 heterocycles. The van der Waals surface area contributed by atoms with Crippen molar-refractivity contribution in [3.63, 3.8) is 0 Å². The molecule has 0 bridgehead atoms. The molecule has 1 aliphatic rings. The zero-order valence-corrected chi connectivity index (χ0v) is 11.2. The minimum atomic E-state index is 0.317. The average Bonchev–Trinajstić information content (AvgIpc) is 3.22. The van der Waals surface area contributed by atoms with Gasteiger partial charge in [0.05, 0.1) is 17.3 Å². The third-order valence-corrected chi connectivity index (χ3v) is 3.88. The van der Waals surface area contributed by atoms with Crippen molar-refractivity contribution in [3.8, 4) is 17.1 Å². The van der Waals surface area contributed by atoms with Crippen molar-refractivity contribution in [1.29, 1.82) is 0 Å². The summed E-state index contributed by atoms with van der Waals surface area (Å²) in [5, 5.41) is 10.3. The van der Waals surface area contributed by atoms with Gasteiger partial charge in [0.15, 0.2) is 0 Å². The maximum absolute atomic E-state index is 10.3. The lowest BCUT2D eigenvalue weighted by atomic mass is 10.1. The number of imidazole rings is 1. The van der Waals surface area contributed by atoms with Gasteiger partial charge in [-0.25, -0.2) is 4.98 Å². The third kappa shape index (κ3) is 1.61. The Kier molecular flexibility index (Phi) is 2.33. The minimum Gasteiger partial charge on any atom is -0.507 e. The number of aryl methyl sites for hydroxylation is 1. The summed E-state index contributed by atoms with van der Waals surface area (Å²) in [6.07, 6.45) is 5.92. The van der Waals surface area contributed by atoms with Crippen molar-refractivity contribution in [2.45, 2.75) is 25.8 Å². The predicted molar refractivity (Wildman–Crippen MR) is 77.6 cm³/mol. The van der Waals surface area contributed by atoms with E-state index in [1.54, 1.807) is 12.4 Å². The van der Waals surface area contributed by atoms with Crippen LogP contribution in [0.2, 0.25) is 0 Å². The van der Waals surface area contributed by atoms with E-state index in [0.29, 0.717) is 11.8 Å². The molecule has 3 aromatic rings. The van der Waals surface area contributed by atoms with E-state index >= 15 is 0 Å². The average molecular weight is 265 g/mol. The minimum absolute atomic E-state index is 0.317. The number of phenols is 1. The van der Waals surface area contributed by atoms with Gasteiger partial charge in [-0.15, -0.1) is 0 Å². The molecule has 0 saturated heterocycles. The molecule has 100 valence electrons. The molecule has 0 amide bonds. The first-order valence-corrected chi connectivity index (χ1v) is 6.86. The summed E-state index contributed by atoms with van der Waals surface area (Å²) in [6, 6.07) is 8.29. The molecule has 0 aliphatic heterocycles. The smallest absolute Gasteiger partial charge is 0.145 e. The molecule has 1 saturated carbocycles. The second-order valence-corrected chi connectivity index (χ2v) is 5.37. The van der Waals surface area contributed by atoms with E-state index in [1.165, 1.54) is 12.8 Å². The van der Waals surface area contributed by atoms with Crippen LogP contribution in [0.1, 0.15) is 24.4 Å². The van der Waals surface area contributed by atoms with Crippen molar-refractivity contribution in [2.24, 2.45) is 0 Å². The zero-order chi connectivity index (χ0) is 13.7. The molecule has 4 rings (SSSR count). The Morgan fingerprint density at radius 3 is 2.90 bits per heavy atom. The van der Waals surface area contributed by atoms with Crippen LogP contribution in [0.25, 0.3) is 22.4 Å². The first-order chi connectivity index (χ1) is 9.75. The second-order valence-electron chi connectivity index (χ2n) is 5.37. The topological polar surface area (TPSA) is 50.9 Å². The molecule has 1 N–H and O–H groups in total. The van der Waals surface area contributed by atoms with Gasteiger partial charge in [0.2, 0.25) is 0 Å². The summed E-state index contributed by atoms with van der Waals surface area (Å²) in [4.78, 5) is 8.83. The largest absolute Gasteiger partial charge is 0.507 e. The molecule has 1 aromatic carbocycles. The Morgan fingerprint density at radius 1 is 1.25 bits per heavy atom. The van der Waals surface area contributed by atoms with Gasteiger partial charge in [0.25, 0.3) is 0 Å². The lowest BCUT2D eigenvalue weighted by molar-refractivity contribution is 0.472. The molecule has 0 unspecified atom stereocenters. The number of fused-ring (bicyclic) bond motifs is 1. The first-order valence-electron chi connectivity index (χ1n) is 6.86. The van der Waals surface area contributed by atoms with Gasteiger partial charge in [-0.05, 0) is 37.5 Å². The Morgan fingerprint density at radius 2 is 2.10 bits per heavy atom. The summed E-state index contributed by atoms with van der Waals surface area (Å²) in [6.45, 7) is 1.91. The molecule has 1 fully saturated rings. The fourth-order valence-electron chi connectivity index (χ4n) is 2.68. The van der Waals surface area contributed by atoms with Crippen LogP contribution in [0.4, 0.5) is 0 Å². The number of hydrogen-bond donors (Lipinski definition) is 1. The molecule has 20 heavy (non-hydrogen) atoms. The van der Waals surface area contributed by atoms with Gasteiger partial charge in [-0.1, -0.05) is 12.1 Å². The fraction of sp³-hybridized carbons (Fsp3) is 0.250. The number of pyridine rings is 1. The highest BCUT2D eigenvalue weighted by molar-refractivity contribution is 5.81. The van der Waals surface area contributed by atoms with Crippen molar-refractivity contribution < 1.29 is 5.11 Å². The van der Waals surface area contributed by atoms with Gasteiger partial charge < -0.3 is 9.67 Å². The van der Waals surface area contributed by atoms with Gasteiger partial charge in [0.1, 0.15) is 17.1 Å². The van der Waals surface area contributed by atoms with E-state index < -0.39 is 0 Å². The molecule has 1 aliphatic carbocycles. The summed E-state index contributed by atoms with van der Waals surface area (Å²) in [7, 11) is 0. The van der Waals surface area contributed by atoms with Gasteiger partial charge >= 0.3 is 0 Å². The van der Waals surface area contributed by atoms with E-state index in [-0.39, 0.29) is 0 Å². The molecule has 0 radical (unpaired) electrons. The quantitative estimate of drug-likeness (QED) is 0.772. The number of aromatic hydroxyl groups is 1. The van der Waals surface area contributed by atoms with Gasteiger partial charge in [-0.3, -0.25) is 4.98 Å². The van der Waals surface area contributed by atoms with Crippen molar-refractivity contribution in [1.82, 2.24) is 14.5 Å². The van der Waals surface area contributed by atoms with Crippen LogP contribution in [0.3, 0.4) is 0 Å². The molecule has 2 aromatic heterocycles. The third-order valence-electron chi connectivity index (χ3n) is 3.88. The maximum Gasteiger partial charge on any atom is 0.145 e. The number of nitrogens with zero attached hydrogens (tertiary/aromatic N) is 3. The van der Waals surface area contributed by atoms with Crippen molar-refractivity contribution >= 4 is 11.0 Å². The monoisotopic (exact) mass is 265 g/mol. The van der Waals surface area contributed by atoms with Crippen LogP contribution in [-0.4, -0.2) is 19.6 Å². The summed E-state index contributed by atoms with van der Waals surface area (Å²) in [5.74, 6) is 1.16. The lowest BCUT2D eigenvalue weighted by Gasteiger charge is -2.10.